The number of halogens is 1. The minimum absolute atomic E-state index is 0.497. The average Bonchev–Trinajstić information content (AvgIpc) is 2.87. The Balaban J connectivity index is 1.68. The fraction of sp³-hybridized carbons (Fsp3) is 0.467. The van der Waals surface area contributed by atoms with Gasteiger partial charge in [0.25, 0.3) is 0 Å². The molecule has 21 heavy (non-hydrogen) atoms. The smallest absolute Gasteiger partial charge is 0.191 e. The number of hydrogen-bond acceptors (Lipinski definition) is 2. The van der Waals surface area contributed by atoms with Crippen molar-refractivity contribution in [2.24, 2.45) is 16.6 Å². The summed E-state index contributed by atoms with van der Waals surface area (Å²) in [4.78, 5) is 11.1. The SMILES string of the molecule is CC1CCN(C(N)=NCc2cn3cc(Cl)ccc3n2)CC1. The van der Waals surface area contributed by atoms with Crippen LogP contribution >= 0.6 is 11.6 Å². The van der Waals surface area contributed by atoms with Gasteiger partial charge in [-0.15, -0.1) is 0 Å². The predicted molar refractivity (Wildman–Crippen MR) is 85.5 cm³/mol. The zero-order chi connectivity index (χ0) is 14.8. The van der Waals surface area contributed by atoms with E-state index in [1.807, 2.05) is 28.9 Å². The van der Waals surface area contributed by atoms with Gasteiger partial charge in [0.05, 0.1) is 17.3 Å². The Morgan fingerprint density at radius 3 is 2.90 bits per heavy atom. The van der Waals surface area contributed by atoms with Gasteiger partial charge in [-0.3, -0.25) is 0 Å². The first-order chi connectivity index (χ1) is 10.1. The number of imidazole rings is 1. The Labute approximate surface area is 129 Å². The van der Waals surface area contributed by atoms with E-state index in [4.69, 9.17) is 17.3 Å². The summed E-state index contributed by atoms with van der Waals surface area (Å²) in [5.74, 6) is 1.41. The lowest BCUT2D eigenvalue weighted by Crippen LogP contribution is -2.42. The van der Waals surface area contributed by atoms with E-state index in [0.717, 1.165) is 30.3 Å². The van der Waals surface area contributed by atoms with E-state index < -0.39 is 0 Å². The molecule has 0 unspecified atom stereocenters. The standard InChI is InChI=1S/C15H20ClN5/c1-11-4-6-20(7-5-11)15(17)18-8-13-10-21-9-12(16)2-3-14(21)19-13/h2-3,9-11H,4-8H2,1H3,(H2,17,18). The van der Waals surface area contributed by atoms with Gasteiger partial charge in [0.15, 0.2) is 5.96 Å². The van der Waals surface area contributed by atoms with Crippen LogP contribution in [0, 0.1) is 5.92 Å². The van der Waals surface area contributed by atoms with Gasteiger partial charge in [0.1, 0.15) is 5.65 Å². The largest absolute Gasteiger partial charge is 0.370 e. The van der Waals surface area contributed by atoms with Gasteiger partial charge >= 0.3 is 0 Å². The summed E-state index contributed by atoms with van der Waals surface area (Å²) in [5.41, 5.74) is 7.84. The van der Waals surface area contributed by atoms with Gasteiger partial charge in [-0.2, -0.15) is 0 Å². The highest BCUT2D eigenvalue weighted by Gasteiger charge is 2.16. The van der Waals surface area contributed by atoms with E-state index in [9.17, 15) is 0 Å². The van der Waals surface area contributed by atoms with E-state index in [-0.39, 0.29) is 0 Å². The molecule has 0 aromatic carbocycles. The molecule has 1 aliphatic heterocycles. The molecule has 3 rings (SSSR count). The number of fused-ring (bicyclic) bond motifs is 1. The molecular weight excluding hydrogens is 286 g/mol. The van der Waals surface area contributed by atoms with E-state index in [0.29, 0.717) is 17.5 Å². The lowest BCUT2D eigenvalue weighted by Gasteiger charge is -2.30. The maximum atomic E-state index is 6.08. The van der Waals surface area contributed by atoms with Gasteiger partial charge in [-0.1, -0.05) is 18.5 Å². The normalized spacial score (nSPS) is 17.6. The zero-order valence-corrected chi connectivity index (χ0v) is 12.9. The second-order valence-corrected chi connectivity index (χ2v) is 6.13. The fourth-order valence-corrected chi connectivity index (χ4v) is 2.76. The number of likely N-dealkylation sites (tertiary alicyclic amines) is 1. The Hall–Kier alpha value is -1.75. The maximum absolute atomic E-state index is 6.08. The third-order valence-electron chi connectivity index (χ3n) is 3.98. The van der Waals surface area contributed by atoms with Crippen molar-refractivity contribution in [3.05, 3.63) is 35.2 Å². The summed E-state index contributed by atoms with van der Waals surface area (Å²) >= 11 is 5.97. The number of guanidine groups is 1. The molecule has 0 aliphatic carbocycles. The predicted octanol–water partition coefficient (Wildman–Crippen LogP) is 2.53. The number of aliphatic imine (C=N–C) groups is 1. The maximum Gasteiger partial charge on any atom is 0.191 e. The number of aromatic nitrogens is 2. The van der Waals surface area contributed by atoms with Crippen molar-refractivity contribution < 1.29 is 0 Å². The van der Waals surface area contributed by atoms with Crippen LogP contribution in [0.2, 0.25) is 5.02 Å². The molecule has 0 spiro atoms. The molecule has 0 amide bonds. The molecule has 1 aliphatic rings. The Morgan fingerprint density at radius 1 is 1.38 bits per heavy atom. The zero-order valence-electron chi connectivity index (χ0n) is 12.2. The van der Waals surface area contributed by atoms with Crippen molar-refractivity contribution in [2.45, 2.75) is 26.3 Å². The van der Waals surface area contributed by atoms with E-state index in [2.05, 4.69) is 21.8 Å². The molecule has 1 fully saturated rings. The molecule has 2 aromatic rings. The van der Waals surface area contributed by atoms with E-state index in [1.54, 1.807) is 0 Å². The summed E-state index contributed by atoms with van der Waals surface area (Å²) in [6.45, 7) is 4.78. The Morgan fingerprint density at radius 2 is 2.14 bits per heavy atom. The highest BCUT2D eigenvalue weighted by Crippen LogP contribution is 2.16. The van der Waals surface area contributed by atoms with Gasteiger partial charge in [-0.05, 0) is 30.9 Å². The van der Waals surface area contributed by atoms with Crippen LogP contribution in [0.5, 0.6) is 0 Å². The summed E-state index contributed by atoms with van der Waals surface area (Å²) in [7, 11) is 0. The summed E-state index contributed by atoms with van der Waals surface area (Å²) in [5, 5.41) is 0.692. The average molecular weight is 306 g/mol. The van der Waals surface area contributed by atoms with Crippen molar-refractivity contribution in [2.75, 3.05) is 13.1 Å². The Kier molecular flexibility index (Phi) is 4.01. The van der Waals surface area contributed by atoms with Gasteiger partial charge < -0.3 is 15.0 Å². The summed E-state index contributed by atoms with van der Waals surface area (Å²) in [6, 6.07) is 3.73. The topological polar surface area (TPSA) is 58.9 Å². The fourth-order valence-electron chi connectivity index (χ4n) is 2.59. The number of nitrogens with two attached hydrogens (primary N) is 1. The minimum atomic E-state index is 0.497. The third kappa shape index (κ3) is 3.29. The van der Waals surface area contributed by atoms with Crippen LogP contribution in [0.15, 0.2) is 29.5 Å². The molecule has 2 aromatic heterocycles. The van der Waals surface area contributed by atoms with Crippen LogP contribution in [0.25, 0.3) is 5.65 Å². The van der Waals surface area contributed by atoms with Crippen molar-refractivity contribution >= 4 is 23.2 Å². The minimum Gasteiger partial charge on any atom is -0.370 e. The summed E-state index contributed by atoms with van der Waals surface area (Å²) < 4.78 is 1.91. The van der Waals surface area contributed by atoms with Crippen molar-refractivity contribution in [3.8, 4) is 0 Å². The van der Waals surface area contributed by atoms with Crippen molar-refractivity contribution in [1.82, 2.24) is 14.3 Å². The number of pyridine rings is 1. The highest BCUT2D eigenvalue weighted by molar-refractivity contribution is 6.30. The molecule has 3 heterocycles. The van der Waals surface area contributed by atoms with Gasteiger partial charge in [0, 0.05) is 25.5 Å². The van der Waals surface area contributed by atoms with Crippen LogP contribution in [0.3, 0.4) is 0 Å². The first-order valence-corrected chi connectivity index (χ1v) is 7.67. The number of hydrogen-bond donors (Lipinski definition) is 1. The molecule has 1 saturated heterocycles. The van der Waals surface area contributed by atoms with E-state index in [1.165, 1.54) is 12.8 Å². The van der Waals surface area contributed by atoms with E-state index >= 15 is 0 Å². The number of rotatable bonds is 2. The molecule has 112 valence electrons. The molecule has 2 N–H and O–H groups in total. The van der Waals surface area contributed by atoms with Crippen LogP contribution < -0.4 is 5.73 Å². The van der Waals surface area contributed by atoms with Crippen molar-refractivity contribution in [3.63, 3.8) is 0 Å². The number of nitrogens with zero attached hydrogens (tertiary/aromatic N) is 4. The second kappa shape index (κ2) is 5.93. The molecule has 0 atom stereocenters. The van der Waals surface area contributed by atoms with Gasteiger partial charge in [-0.25, -0.2) is 9.98 Å². The molecule has 0 radical (unpaired) electrons. The highest BCUT2D eigenvalue weighted by atomic mass is 35.5. The monoisotopic (exact) mass is 305 g/mol. The van der Waals surface area contributed by atoms with Gasteiger partial charge in [0.2, 0.25) is 0 Å². The lowest BCUT2D eigenvalue weighted by molar-refractivity contribution is 0.277. The van der Waals surface area contributed by atoms with Crippen LogP contribution in [-0.4, -0.2) is 33.3 Å². The van der Waals surface area contributed by atoms with Crippen LogP contribution in [0.1, 0.15) is 25.5 Å². The molecule has 0 saturated carbocycles. The van der Waals surface area contributed by atoms with Crippen molar-refractivity contribution in [1.29, 1.82) is 0 Å². The summed E-state index contributed by atoms with van der Waals surface area (Å²) in [6.07, 6.45) is 6.15. The first kappa shape index (κ1) is 14.2. The second-order valence-electron chi connectivity index (χ2n) is 5.69. The Bertz CT molecular complexity index is 655. The van der Waals surface area contributed by atoms with Crippen LogP contribution in [0.4, 0.5) is 0 Å². The quantitative estimate of drug-likeness (QED) is 0.685. The molecule has 5 nitrogen and oxygen atoms in total. The third-order valence-corrected chi connectivity index (χ3v) is 4.20. The number of piperidine rings is 1. The van der Waals surface area contributed by atoms with Crippen LogP contribution in [-0.2, 0) is 6.54 Å². The lowest BCUT2D eigenvalue weighted by atomic mass is 10.00. The molecule has 6 heteroatoms. The molecule has 0 bridgehead atoms. The first-order valence-electron chi connectivity index (χ1n) is 7.30. The molecular formula is C15H20ClN5.